The molecule has 2 unspecified atom stereocenters. The zero-order valence-electron chi connectivity index (χ0n) is 11.9. The summed E-state index contributed by atoms with van der Waals surface area (Å²) >= 11 is 0. The maximum Gasteiger partial charge on any atom is 0.290 e. The van der Waals surface area contributed by atoms with E-state index in [1.807, 2.05) is 7.05 Å². The van der Waals surface area contributed by atoms with E-state index in [0.29, 0.717) is 23.8 Å². The summed E-state index contributed by atoms with van der Waals surface area (Å²) < 4.78 is 0. The van der Waals surface area contributed by atoms with Gasteiger partial charge in [-0.1, -0.05) is 0 Å². The third kappa shape index (κ3) is 2.35. The first-order valence-corrected chi connectivity index (χ1v) is 7.15. The molecule has 0 amide bonds. The van der Waals surface area contributed by atoms with E-state index in [2.05, 4.69) is 15.2 Å². The van der Waals surface area contributed by atoms with Crippen molar-refractivity contribution in [1.29, 1.82) is 0 Å². The van der Waals surface area contributed by atoms with Gasteiger partial charge in [-0.15, -0.1) is 0 Å². The molecule has 20 heavy (non-hydrogen) atoms. The third-order valence-corrected chi connectivity index (χ3v) is 4.60. The van der Waals surface area contributed by atoms with Crippen LogP contribution < -0.4 is 10.2 Å². The second-order valence-electron chi connectivity index (χ2n) is 5.91. The number of pyridine rings is 1. The molecule has 2 bridgehead atoms. The molecule has 0 radical (unpaired) electrons. The van der Waals surface area contributed by atoms with E-state index in [-0.39, 0.29) is 10.6 Å². The summed E-state index contributed by atoms with van der Waals surface area (Å²) in [6.07, 6.45) is 4.79. The van der Waals surface area contributed by atoms with Gasteiger partial charge in [0.25, 0.3) is 5.69 Å². The molecule has 2 atom stereocenters. The zero-order chi connectivity index (χ0) is 14.3. The molecule has 2 saturated heterocycles. The van der Waals surface area contributed by atoms with Crippen LogP contribution in [0.1, 0.15) is 31.4 Å². The first-order valence-electron chi connectivity index (χ1n) is 7.15. The summed E-state index contributed by atoms with van der Waals surface area (Å²) in [7, 11) is 2.04. The fourth-order valence-electron chi connectivity index (χ4n) is 3.46. The Bertz CT molecular complexity index is 522. The van der Waals surface area contributed by atoms with Crippen LogP contribution >= 0.6 is 0 Å². The number of aromatic nitrogens is 1. The highest BCUT2D eigenvalue weighted by Crippen LogP contribution is 2.31. The number of hydrogen-bond donors (Lipinski definition) is 1. The fraction of sp³-hybridized carbons (Fsp3) is 0.643. The first-order chi connectivity index (χ1) is 9.54. The highest BCUT2D eigenvalue weighted by molar-refractivity contribution is 5.47. The summed E-state index contributed by atoms with van der Waals surface area (Å²) in [5, 5.41) is 14.5. The minimum atomic E-state index is -0.378. The number of aryl methyl sites for hydroxylation is 1. The predicted molar refractivity (Wildman–Crippen MR) is 77.0 cm³/mol. The molecule has 6 heteroatoms. The van der Waals surface area contributed by atoms with Crippen molar-refractivity contribution in [1.82, 2.24) is 10.3 Å². The average molecular weight is 276 g/mol. The Morgan fingerprint density at radius 3 is 2.55 bits per heavy atom. The number of piperidine rings is 1. The topological polar surface area (TPSA) is 71.3 Å². The Balaban J connectivity index is 1.78. The Morgan fingerprint density at radius 1 is 1.35 bits per heavy atom. The monoisotopic (exact) mass is 276 g/mol. The molecule has 2 fully saturated rings. The van der Waals surface area contributed by atoms with Crippen molar-refractivity contribution in [2.24, 2.45) is 0 Å². The minimum absolute atomic E-state index is 0.0903. The van der Waals surface area contributed by atoms with Gasteiger partial charge in [0.1, 0.15) is 11.5 Å². The summed E-state index contributed by atoms with van der Waals surface area (Å²) in [6.45, 7) is 1.70. The minimum Gasteiger partial charge on any atom is -0.357 e. The number of nitrogens with zero attached hydrogens (tertiary/aromatic N) is 3. The van der Waals surface area contributed by atoms with Gasteiger partial charge in [-0.2, -0.15) is 0 Å². The number of anilines is 1. The molecule has 108 valence electrons. The lowest BCUT2D eigenvalue weighted by Crippen LogP contribution is -2.47. The van der Waals surface area contributed by atoms with Crippen molar-refractivity contribution in [3.63, 3.8) is 0 Å². The average Bonchev–Trinajstić information content (AvgIpc) is 2.76. The molecule has 0 aliphatic carbocycles. The molecule has 3 rings (SSSR count). The summed E-state index contributed by atoms with van der Waals surface area (Å²) in [5.74, 6) is 0.833. The van der Waals surface area contributed by atoms with Gasteiger partial charge in [0.05, 0.1) is 4.92 Å². The van der Waals surface area contributed by atoms with Crippen LogP contribution in [0.3, 0.4) is 0 Å². The highest BCUT2D eigenvalue weighted by atomic mass is 16.6. The van der Waals surface area contributed by atoms with Crippen molar-refractivity contribution in [3.8, 4) is 0 Å². The maximum absolute atomic E-state index is 10.8. The molecule has 6 nitrogen and oxygen atoms in total. The van der Waals surface area contributed by atoms with Crippen molar-refractivity contribution >= 4 is 11.5 Å². The van der Waals surface area contributed by atoms with Crippen molar-refractivity contribution in [2.75, 3.05) is 11.9 Å². The van der Waals surface area contributed by atoms with E-state index >= 15 is 0 Å². The van der Waals surface area contributed by atoms with Gasteiger partial charge in [0.2, 0.25) is 0 Å². The fourth-order valence-corrected chi connectivity index (χ4v) is 3.46. The van der Waals surface area contributed by atoms with E-state index in [1.54, 1.807) is 19.1 Å². The molecule has 2 aliphatic heterocycles. The van der Waals surface area contributed by atoms with E-state index in [4.69, 9.17) is 0 Å². The number of hydrogen-bond acceptors (Lipinski definition) is 5. The second-order valence-corrected chi connectivity index (χ2v) is 5.91. The molecule has 0 spiro atoms. The van der Waals surface area contributed by atoms with Gasteiger partial charge >= 0.3 is 0 Å². The summed E-state index contributed by atoms with van der Waals surface area (Å²) in [4.78, 5) is 17.1. The Kier molecular flexibility index (Phi) is 3.33. The summed E-state index contributed by atoms with van der Waals surface area (Å²) in [5.41, 5.74) is 0.573. The van der Waals surface area contributed by atoms with Crippen LogP contribution in [0.4, 0.5) is 11.5 Å². The number of nitrogens with one attached hydrogen (secondary N) is 1. The Morgan fingerprint density at radius 2 is 2.00 bits per heavy atom. The van der Waals surface area contributed by atoms with Crippen LogP contribution in [0, 0.1) is 17.0 Å². The lowest BCUT2D eigenvalue weighted by molar-refractivity contribution is -0.385. The standard InChI is InChI=1S/C14H20N4O2/c1-9-13(18(19)20)5-6-14(15-9)17(2)12-7-10-3-4-11(8-12)16-10/h5-6,10-12,16H,3-4,7-8H2,1-2H3. The van der Waals surface area contributed by atoms with E-state index in [0.717, 1.165) is 18.7 Å². The molecule has 3 heterocycles. The van der Waals surface area contributed by atoms with Crippen LogP contribution in [0.5, 0.6) is 0 Å². The molecular formula is C14H20N4O2. The first kappa shape index (κ1) is 13.3. The third-order valence-electron chi connectivity index (χ3n) is 4.60. The molecule has 2 aliphatic rings. The van der Waals surface area contributed by atoms with Gasteiger partial charge in [0, 0.05) is 31.2 Å². The van der Waals surface area contributed by atoms with Crippen LogP contribution in [0.2, 0.25) is 0 Å². The van der Waals surface area contributed by atoms with Gasteiger partial charge in [-0.3, -0.25) is 10.1 Å². The Labute approximate surface area is 118 Å². The number of rotatable bonds is 3. The normalized spacial score (nSPS) is 28.4. The summed E-state index contributed by atoms with van der Waals surface area (Å²) in [6, 6.07) is 5.04. The van der Waals surface area contributed by atoms with Crippen LogP contribution in [-0.2, 0) is 0 Å². The van der Waals surface area contributed by atoms with Crippen molar-refractivity contribution in [2.45, 2.75) is 50.7 Å². The van der Waals surface area contributed by atoms with Crippen molar-refractivity contribution in [3.05, 3.63) is 27.9 Å². The predicted octanol–water partition coefficient (Wildman–Crippen LogP) is 2.02. The van der Waals surface area contributed by atoms with Gasteiger partial charge in [0.15, 0.2) is 0 Å². The smallest absolute Gasteiger partial charge is 0.290 e. The van der Waals surface area contributed by atoms with Crippen molar-refractivity contribution < 1.29 is 4.92 Å². The lowest BCUT2D eigenvalue weighted by atomic mass is 9.98. The second kappa shape index (κ2) is 5.01. The Hall–Kier alpha value is -1.69. The zero-order valence-corrected chi connectivity index (χ0v) is 11.9. The van der Waals surface area contributed by atoms with E-state index < -0.39 is 0 Å². The number of nitro groups is 1. The quantitative estimate of drug-likeness (QED) is 0.675. The molecule has 1 aromatic rings. The lowest BCUT2D eigenvalue weighted by Gasteiger charge is -2.36. The highest BCUT2D eigenvalue weighted by Gasteiger charge is 2.35. The van der Waals surface area contributed by atoms with Crippen LogP contribution in [0.15, 0.2) is 12.1 Å². The number of fused-ring (bicyclic) bond motifs is 2. The van der Waals surface area contributed by atoms with E-state index in [1.165, 1.54) is 12.8 Å². The largest absolute Gasteiger partial charge is 0.357 e. The molecular weight excluding hydrogens is 256 g/mol. The van der Waals surface area contributed by atoms with Crippen LogP contribution in [0.25, 0.3) is 0 Å². The maximum atomic E-state index is 10.8. The van der Waals surface area contributed by atoms with Crippen LogP contribution in [-0.4, -0.2) is 35.1 Å². The SMILES string of the molecule is Cc1nc(N(C)C2CC3CCC(C2)N3)ccc1[N+](=O)[O-]. The van der Waals surface area contributed by atoms with E-state index in [9.17, 15) is 10.1 Å². The van der Waals surface area contributed by atoms with Gasteiger partial charge in [-0.25, -0.2) is 4.98 Å². The van der Waals surface area contributed by atoms with Gasteiger partial charge < -0.3 is 10.2 Å². The molecule has 1 N–H and O–H groups in total. The molecule has 1 aromatic heterocycles. The molecule has 0 aromatic carbocycles. The van der Waals surface area contributed by atoms with Gasteiger partial charge in [-0.05, 0) is 38.7 Å². The molecule has 0 saturated carbocycles.